The fraction of sp³-hybridized carbons (Fsp3) is 0.263. The summed E-state index contributed by atoms with van der Waals surface area (Å²) >= 11 is 0. The van der Waals surface area contributed by atoms with Crippen LogP contribution in [0.2, 0.25) is 0 Å². The Bertz CT molecular complexity index is 692. The number of esters is 1. The Morgan fingerprint density at radius 1 is 1.00 bits per heavy atom. The minimum absolute atomic E-state index is 0.316. The molecular formula is C19H22N2O3. The third kappa shape index (κ3) is 4.84. The molecular weight excluding hydrogens is 304 g/mol. The molecule has 2 aromatic rings. The van der Waals surface area contributed by atoms with Gasteiger partial charge in [0.2, 0.25) is 0 Å². The smallest absolute Gasteiger partial charge is 0.338 e. The number of hydrogen-bond donors (Lipinski definition) is 1. The predicted octanol–water partition coefficient (Wildman–Crippen LogP) is 3.11. The summed E-state index contributed by atoms with van der Waals surface area (Å²) in [5, 5.41) is 2.70. The summed E-state index contributed by atoms with van der Waals surface area (Å²) in [4.78, 5) is 25.8. The van der Waals surface area contributed by atoms with E-state index < -0.39 is 5.97 Å². The summed E-state index contributed by atoms with van der Waals surface area (Å²) < 4.78 is 5.04. The van der Waals surface area contributed by atoms with Crippen molar-refractivity contribution in [3.63, 3.8) is 0 Å². The average Bonchev–Trinajstić information content (AvgIpc) is 2.60. The van der Waals surface area contributed by atoms with Gasteiger partial charge in [0.15, 0.2) is 6.61 Å². The van der Waals surface area contributed by atoms with Gasteiger partial charge in [0, 0.05) is 25.5 Å². The van der Waals surface area contributed by atoms with Gasteiger partial charge in [0.1, 0.15) is 0 Å². The number of benzene rings is 2. The molecule has 0 saturated heterocycles. The fourth-order valence-electron chi connectivity index (χ4n) is 2.13. The molecule has 0 heterocycles. The van der Waals surface area contributed by atoms with Crippen LogP contribution in [0, 0.1) is 0 Å². The lowest BCUT2D eigenvalue weighted by Gasteiger charge is -2.13. The predicted molar refractivity (Wildman–Crippen MR) is 95.5 cm³/mol. The van der Waals surface area contributed by atoms with E-state index in [-0.39, 0.29) is 12.5 Å². The average molecular weight is 326 g/mol. The largest absolute Gasteiger partial charge is 0.452 e. The number of carbonyl (C=O) groups excluding carboxylic acids is 2. The maximum Gasteiger partial charge on any atom is 0.338 e. The highest BCUT2D eigenvalue weighted by molar-refractivity contribution is 5.95. The molecule has 0 unspecified atom stereocenters. The van der Waals surface area contributed by atoms with E-state index >= 15 is 0 Å². The molecule has 0 aliphatic rings. The van der Waals surface area contributed by atoms with E-state index in [0.29, 0.717) is 11.3 Å². The molecule has 0 aliphatic heterocycles. The summed E-state index contributed by atoms with van der Waals surface area (Å²) in [7, 11) is 3.89. The topological polar surface area (TPSA) is 58.6 Å². The van der Waals surface area contributed by atoms with Crippen molar-refractivity contribution in [2.24, 2.45) is 0 Å². The van der Waals surface area contributed by atoms with Crippen LogP contribution in [0.3, 0.4) is 0 Å². The number of nitrogens with zero attached hydrogens (tertiary/aromatic N) is 1. The number of ether oxygens (including phenoxy) is 1. The van der Waals surface area contributed by atoms with Gasteiger partial charge in [-0.2, -0.15) is 0 Å². The van der Waals surface area contributed by atoms with Crippen LogP contribution in [-0.4, -0.2) is 32.6 Å². The molecule has 5 nitrogen and oxygen atoms in total. The summed E-state index contributed by atoms with van der Waals surface area (Å²) in [5.74, 6) is -0.873. The van der Waals surface area contributed by atoms with Gasteiger partial charge in [-0.15, -0.1) is 0 Å². The zero-order valence-electron chi connectivity index (χ0n) is 14.2. The molecule has 1 amide bonds. The van der Waals surface area contributed by atoms with Gasteiger partial charge in [0.05, 0.1) is 5.56 Å². The van der Waals surface area contributed by atoms with Gasteiger partial charge in [-0.3, -0.25) is 4.79 Å². The lowest BCUT2D eigenvalue weighted by atomic mass is 10.1. The second-order valence-corrected chi connectivity index (χ2v) is 5.62. The fourth-order valence-corrected chi connectivity index (χ4v) is 2.13. The van der Waals surface area contributed by atoms with Crippen LogP contribution in [0.1, 0.15) is 22.8 Å². The highest BCUT2D eigenvalue weighted by Gasteiger charge is 2.10. The monoisotopic (exact) mass is 326 g/mol. The minimum Gasteiger partial charge on any atom is -0.452 e. The standard InChI is InChI=1S/C19H22N2O3/c1-4-14-5-7-15(8-6-14)19(23)24-13-18(22)20-16-9-11-17(12-10-16)21(2)3/h5-12H,4,13H2,1-3H3,(H,20,22). The second kappa shape index (κ2) is 8.15. The van der Waals surface area contributed by atoms with Gasteiger partial charge >= 0.3 is 5.97 Å². The number of nitrogens with one attached hydrogen (secondary N) is 1. The quantitative estimate of drug-likeness (QED) is 0.829. The number of anilines is 2. The van der Waals surface area contributed by atoms with E-state index in [0.717, 1.165) is 17.7 Å². The number of hydrogen-bond acceptors (Lipinski definition) is 4. The molecule has 0 radical (unpaired) electrons. The van der Waals surface area contributed by atoms with Crippen molar-refractivity contribution in [1.29, 1.82) is 0 Å². The third-order valence-electron chi connectivity index (χ3n) is 3.60. The van der Waals surface area contributed by atoms with E-state index in [1.54, 1.807) is 24.3 Å². The zero-order chi connectivity index (χ0) is 17.5. The van der Waals surface area contributed by atoms with E-state index in [9.17, 15) is 9.59 Å². The van der Waals surface area contributed by atoms with Crippen molar-refractivity contribution < 1.29 is 14.3 Å². The lowest BCUT2D eigenvalue weighted by Crippen LogP contribution is -2.21. The van der Waals surface area contributed by atoms with Gasteiger partial charge in [-0.25, -0.2) is 4.79 Å². The summed E-state index contributed by atoms with van der Waals surface area (Å²) in [5.41, 5.74) is 3.28. The molecule has 0 aliphatic carbocycles. The van der Waals surface area contributed by atoms with E-state index in [1.807, 2.05) is 50.2 Å². The number of aryl methyl sites for hydroxylation is 1. The first kappa shape index (κ1) is 17.5. The zero-order valence-corrected chi connectivity index (χ0v) is 14.2. The maximum absolute atomic E-state index is 11.9. The Kier molecular flexibility index (Phi) is 5.95. The van der Waals surface area contributed by atoms with Crippen LogP contribution in [0.5, 0.6) is 0 Å². The van der Waals surface area contributed by atoms with Crippen molar-refractivity contribution in [3.05, 3.63) is 59.7 Å². The highest BCUT2D eigenvalue weighted by Crippen LogP contribution is 2.15. The van der Waals surface area contributed by atoms with Crippen LogP contribution < -0.4 is 10.2 Å². The number of rotatable bonds is 6. The van der Waals surface area contributed by atoms with Gasteiger partial charge < -0.3 is 15.0 Å². The molecule has 0 spiro atoms. The Hall–Kier alpha value is -2.82. The Balaban J connectivity index is 1.84. The number of carbonyl (C=O) groups is 2. The van der Waals surface area contributed by atoms with Crippen molar-refractivity contribution in [2.45, 2.75) is 13.3 Å². The first-order valence-electron chi connectivity index (χ1n) is 7.83. The van der Waals surface area contributed by atoms with Crippen molar-refractivity contribution >= 4 is 23.3 Å². The molecule has 1 N–H and O–H groups in total. The van der Waals surface area contributed by atoms with Crippen molar-refractivity contribution in [1.82, 2.24) is 0 Å². The molecule has 24 heavy (non-hydrogen) atoms. The summed E-state index contributed by atoms with van der Waals surface area (Å²) in [6.07, 6.45) is 0.907. The third-order valence-corrected chi connectivity index (χ3v) is 3.60. The normalized spacial score (nSPS) is 10.1. The highest BCUT2D eigenvalue weighted by atomic mass is 16.5. The Labute approximate surface area is 142 Å². The van der Waals surface area contributed by atoms with Crippen LogP contribution in [0.4, 0.5) is 11.4 Å². The molecule has 2 rings (SSSR count). The summed E-state index contributed by atoms with van der Waals surface area (Å²) in [6.45, 7) is 1.73. The molecule has 2 aromatic carbocycles. The Morgan fingerprint density at radius 2 is 1.62 bits per heavy atom. The second-order valence-electron chi connectivity index (χ2n) is 5.62. The van der Waals surface area contributed by atoms with Gasteiger partial charge in [-0.05, 0) is 48.4 Å². The SMILES string of the molecule is CCc1ccc(C(=O)OCC(=O)Nc2ccc(N(C)C)cc2)cc1. The Morgan fingerprint density at radius 3 is 2.17 bits per heavy atom. The van der Waals surface area contributed by atoms with Crippen LogP contribution in [-0.2, 0) is 16.0 Å². The molecule has 0 fully saturated rings. The van der Waals surface area contributed by atoms with Crippen molar-refractivity contribution in [2.75, 3.05) is 30.9 Å². The maximum atomic E-state index is 11.9. The van der Waals surface area contributed by atoms with Gasteiger partial charge in [0.25, 0.3) is 5.91 Å². The van der Waals surface area contributed by atoms with E-state index in [2.05, 4.69) is 5.32 Å². The molecule has 5 heteroatoms. The van der Waals surface area contributed by atoms with Crippen molar-refractivity contribution in [3.8, 4) is 0 Å². The molecule has 0 aromatic heterocycles. The van der Waals surface area contributed by atoms with E-state index in [4.69, 9.17) is 4.74 Å². The molecule has 0 atom stereocenters. The van der Waals surface area contributed by atoms with E-state index in [1.165, 1.54) is 0 Å². The van der Waals surface area contributed by atoms with Crippen LogP contribution in [0.25, 0.3) is 0 Å². The lowest BCUT2D eigenvalue weighted by molar-refractivity contribution is -0.119. The van der Waals surface area contributed by atoms with Crippen LogP contribution in [0.15, 0.2) is 48.5 Å². The first-order chi connectivity index (χ1) is 11.5. The molecule has 0 bridgehead atoms. The molecule has 126 valence electrons. The van der Waals surface area contributed by atoms with Crippen LogP contribution >= 0.6 is 0 Å². The van der Waals surface area contributed by atoms with Gasteiger partial charge in [-0.1, -0.05) is 19.1 Å². The molecule has 0 saturated carbocycles. The number of amides is 1. The summed E-state index contributed by atoms with van der Waals surface area (Å²) in [6, 6.07) is 14.6. The first-order valence-corrected chi connectivity index (χ1v) is 7.83. The minimum atomic E-state index is -0.504.